The van der Waals surface area contributed by atoms with Crippen LogP contribution in [0.3, 0.4) is 0 Å². The van der Waals surface area contributed by atoms with Crippen LogP contribution in [0.25, 0.3) is 38.6 Å². The lowest BCUT2D eigenvalue weighted by atomic mass is 9.66. The van der Waals surface area contributed by atoms with Crippen LogP contribution in [0.5, 0.6) is 0 Å². The second-order valence-corrected chi connectivity index (χ2v) is 8.87. The van der Waals surface area contributed by atoms with E-state index in [4.69, 9.17) is 0 Å². The lowest BCUT2D eigenvalue weighted by molar-refractivity contribution is 1.18. The molecule has 1 aromatic heterocycles. The smallest absolute Gasteiger partial charge is 0.140 e. The van der Waals surface area contributed by atoms with Gasteiger partial charge in [0.25, 0.3) is 0 Å². The molecule has 0 amide bonds. The van der Waals surface area contributed by atoms with Crippen molar-refractivity contribution in [2.75, 3.05) is 0 Å². The predicted octanol–water partition coefficient (Wildman–Crippen LogP) is 0.247. The van der Waals surface area contributed by atoms with Crippen LogP contribution in [0.15, 0.2) is 77.3 Å². The number of hydrogen-bond donors (Lipinski definition) is 0. The summed E-state index contributed by atoms with van der Waals surface area (Å²) in [5.74, 6) is 0. The maximum atomic E-state index is 3.80. The Morgan fingerprint density at radius 1 is 0.567 bits per heavy atom. The third-order valence-electron chi connectivity index (χ3n) is 6.53. The number of rotatable bonds is 2. The number of fused-ring (bicyclic) bond motifs is 3. The Labute approximate surface area is 189 Å². The molecule has 0 aliphatic heterocycles. The zero-order valence-corrected chi connectivity index (χ0v) is 19.3. The molecule has 0 fully saturated rings. The second-order valence-electron chi connectivity index (χ2n) is 8.08. The van der Waals surface area contributed by atoms with Gasteiger partial charge in [-0.15, -0.1) is 0 Å². The third-order valence-corrected chi connectivity index (χ3v) is 7.72. The summed E-state index contributed by atoms with van der Waals surface area (Å²) in [4.78, 5) is 0. The number of nitrogens with zero attached hydrogens (tertiary/aromatic N) is 1. The molecule has 0 unspecified atom stereocenters. The van der Waals surface area contributed by atoms with Crippen molar-refractivity contribution in [3.8, 4) is 16.8 Å². The molecule has 5 rings (SSSR count). The number of halogens is 1. The van der Waals surface area contributed by atoms with Crippen LogP contribution in [-0.4, -0.2) is 36.0 Å². The molecule has 1 nitrogen and oxygen atoms in total. The van der Waals surface area contributed by atoms with E-state index in [1.54, 1.807) is 0 Å². The standard InChI is InChI=1S/C24H20B4BrN/c25-20-19(21(26)23(28)24(29)22(20)27)15-9-3-6-12-18(15)30-16-10-4-1-7-13(16)14-8-2-5-11-17(14)30/h1-12H,25-28H2. The Morgan fingerprint density at radius 3 is 1.60 bits per heavy atom. The van der Waals surface area contributed by atoms with Gasteiger partial charge in [0.1, 0.15) is 31.4 Å². The number of benzene rings is 4. The minimum absolute atomic E-state index is 1.22. The lowest BCUT2D eigenvalue weighted by Crippen LogP contribution is -2.43. The topological polar surface area (TPSA) is 4.93 Å². The average Bonchev–Trinajstić information content (AvgIpc) is 3.11. The van der Waals surface area contributed by atoms with Gasteiger partial charge in [-0.05, 0) is 23.8 Å². The van der Waals surface area contributed by atoms with Crippen LogP contribution >= 0.6 is 15.9 Å². The summed E-state index contributed by atoms with van der Waals surface area (Å²) < 4.78 is 3.64. The first-order chi connectivity index (χ1) is 14.5. The molecule has 6 heteroatoms. The highest BCUT2D eigenvalue weighted by Crippen LogP contribution is 2.35. The van der Waals surface area contributed by atoms with Crippen LogP contribution in [-0.2, 0) is 0 Å². The van der Waals surface area contributed by atoms with Crippen LogP contribution < -0.4 is 21.9 Å². The number of aromatic nitrogens is 1. The number of para-hydroxylation sites is 3. The van der Waals surface area contributed by atoms with E-state index >= 15 is 0 Å². The minimum Gasteiger partial charge on any atom is -0.309 e. The summed E-state index contributed by atoms with van der Waals surface area (Å²) >= 11 is 3.80. The first-order valence-electron chi connectivity index (χ1n) is 10.3. The fraction of sp³-hybridized carbons (Fsp3) is 0. The van der Waals surface area contributed by atoms with Gasteiger partial charge < -0.3 is 4.57 Å². The number of hydrogen-bond acceptors (Lipinski definition) is 0. The Balaban J connectivity index is 1.93. The van der Waals surface area contributed by atoms with Crippen molar-refractivity contribution in [1.29, 1.82) is 0 Å². The highest BCUT2D eigenvalue weighted by Gasteiger charge is 2.19. The molecule has 0 radical (unpaired) electrons. The van der Waals surface area contributed by atoms with Gasteiger partial charge in [-0.3, -0.25) is 0 Å². The van der Waals surface area contributed by atoms with Gasteiger partial charge in [0.15, 0.2) is 0 Å². The molecule has 0 saturated carbocycles. The predicted molar refractivity (Wildman–Crippen MR) is 147 cm³/mol. The van der Waals surface area contributed by atoms with Gasteiger partial charge in [-0.1, -0.05) is 92.4 Å². The van der Waals surface area contributed by atoms with Gasteiger partial charge in [0.2, 0.25) is 0 Å². The van der Waals surface area contributed by atoms with E-state index in [9.17, 15) is 0 Å². The SMILES string of the molecule is Bc1c(B)c(-c2ccccc2-n2c3ccccc3c3ccccc32)c(B)c(B)c1Br. The maximum absolute atomic E-state index is 3.80. The average molecular weight is 446 g/mol. The van der Waals surface area contributed by atoms with Crippen molar-refractivity contribution in [3.63, 3.8) is 0 Å². The molecule has 140 valence electrons. The highest BCUT2D eigenvalue weighted by atomic mass is 79.9. The fourth-order valence-corrected chi connectivity index (χ4v) is 5.33. The Hall–Kier alpha value is -2.58. The van der Waals surface area contributed by atoms with Crippen molar-refractivity contribution in [2.45, 2.75) is 0 Å². The highest BCUT2D eigenvalue weighted by molar-refractivity contribution is 9.10. The summed E-state index contributed by atoms with van der Waals surface area (Å²) in [5.41, 5.74) is 11.6. The molecule has 0 aliphatic rings. The lowest BCUT2D eigenvalue weighted by Gasteiger charge is -2.22. The van der Waals surface area contributed by atoms with Crippen LogP contribution in [0.2, 0.25) is 0 Å². The molecule has 0 aliphatic carbocycles. The molecule has 5 aromatic rings. The quantitative estimate of drug-likeness (QED) is 0.344. The molecular formula is C24H20B4BrN. The first kappa shape index (κ1) is 19.4. The van der Waals surface area contributed by atoms with Crippen molar-refractivity contribution in [3.05, 3.63) is 77.3 Å². The summed E-state index contributed by atoms with van der Waals surface area (Å²) in [6.07, 6.45) is 0. The van der Waals surface area contributed by atoms with Crippen molar-refractivity contribution >= 4 is 91.0 Å². The molecular weight excluding hydrogens is 425 g/mol. The van der Waals surface area contributed by atoms with Gasteiger partial charge in [-0.25, -0.2) is 0 Å². The molecule has 30 heavy (non-hydrogen) atoms. The van der Waals surface area contributed by atoms with Crippen LogP contribution in [0.4, 0.5) is 0 Å². The third kappa shape index (κ3) is 2.74. The molecule has 4 aromatic carbocycles. The molecule has 0 spiro atoms. The van der Waals surface area contributed by atoms with E-state index in [-0.39, 0.29) is 0 Å². The second kappa shape index (κ2) is 7.28. The van der Waals surface area contributed by atoms with Gasteiger partial charge in [0, 0.05) is 20.8 Å². The van der Waals surface area contributed by atoms with E-state index in [0.717, 1.165) is 0 Å². The summed E-state index contributed by atoms with van der Waals surface area (Å²) in [7, 11) is 8.89. The Bertz CT molecular complexity index is 1370. The van der Waals surface area contributed by atoms with E-state index < -0.39 is 0 Å². The summed E-state index contributed by atoms with van der Waals surface area (Å²) in [6, 6.07) is 26.2. The monoisotopic (exact) mass is 445 g/mol. The van der Waals surface area contributed by atoms with Gasteiger partial charge >= 0.3 is 0 Å². The van der Waals surface area contributed by atoms with E-state index in [1.165, 1.54) is 64.9 Å². The minimum atomic E-state index is 1.22. The van der Waals surface area contributed by atoms with Crippen molar-refractivity contribution < 1.29 is 0 Å². The molecule has 0 bridgehead atoms. The zero-order valence-electron chi connectivity index (χ0n) is 17.8. The Kier molecular flexibility index (Phi) is 4.71. The van der Waals surface area contributed by atoms with Gasteiger partial charge in [-0.2, -0.15) is 0 Å². The van der Waals surface area contributed by atoms with Gasteiger partial charge in [0.05, 0.1) is 16.7 Å². The maximum Gasteiger partial charge on any atom is 0.140 e. The van der Waals surface area contributed by atoms with Crippen molar-refractivity contribution in [2.24, 2.45) is 0 Å². The molecule has 0 N–H and O–H groups in total. The zero-order chi connectivity index (χ0) is 21.0. The van der Waals surface area contributed by atoms with Crippen molar-refractivity contribution in [1.82, 2.24) is 4.57 Å². The molecule has 0 saturated heterocycles. The molecule has 1 heterocycles. The molecule has 0 atom stereocenters. The van der Waals surface area contributed by atoms with Crippen LogP contribution in [0.1, 0.15) is 0 Å². The van der Waals surface area contributed by atoms with E-state index in [2.05, 4.69) is 125 Å². The van der Waals surface area contributed by atoms with E-state index in [0.29, 0.717) is 0 Å². The van der Waals surface area contributed by atoms with E-state index in [1.807, 2.05) is 0 Å². The summed E-state index contributed by atoms with van der Waals surface area (Å²) in [6.45, 7) is 0. The first-order valence-corrected chi connectivity index (χ1v) is 11.1. The summed E-state index contributed by atoms with van der Waals surface area (Å²) in [5, 5.41) is 2.58. The Morgan fingerprint density at radius 2 is 1.03 bits per heavy atom. The fourth-order valence-electron chi connectivity index (χ4n) is 4.73. The van der Waals surface area contributed by atoms with Crippen LogP contribution in [0, 0.1) is 0 Å². The normalized spacial score (nSPS) is 11.4. The largest absolute Gasteiger partial charge is 0.309 e.